The third-order valence-electron chi connectivity index (χ3n) is 3.45. The lowest BCUT2D eigenvalue weighted by molar-refractivity contribution is -0.120. The van der Waals surface area contributed by atoms with Crippen molar-refractivity contribution in [2.45, 2.75) is 13.5 Å². The van der Waals surface area contributed by atoms with E-state index in [1.54, 1.807) is 24.3 Å². The maximum atomic E-state index is 12.0. The molecule has 0 radical (unpaired) electrons. The second-order valence-corrected chi connectivity index (χ2v) is 5.47. The second kappa shape index (κ2) is 8.56. The van der Waals surface area contributed by atoms with Crippen LogP contribution >= 0.6 is 0 Å². The predicted octanol–water partition coefficient (Wildman–Crippen LogP) is 2.09. The molecule has 1 heterocycles. The number of aromatic nitrogens is 4. The molecule has 1 aromatic heterocycles. The van der Waals surface area contributed by atoms with Crippen molar-refractivity contribution in [3.63, 3.8) is 0 Å². The van der Waals surface area contributed by atoms with Gasteiger partial charge in [-0.25, -0.2) is 4.79 Å². The van der Waals surface area contributed by atoms with E-state index in [2.05, 4.69) is 26.0 Å². The number of nitrogens with zero attached hydrogens (tertiary/aromatic N) is 4. The quantitative estimate of drug-likeness (QED) is 0.691. The molecule has 2 aromatic carbocycles. The Morgan fingerprint density at radius 2 is 1.81 bits per heavy atom. The van der Waals surface area contributed by atoms with Gasteiger partial charge in [-0.05, 0) is 36.4 Å². The molecular weight excluding hydrogens is 348 g/mol. The Morgan fingerprint density at radius 3 is 2.52 bits per heavy atom. The van der Waals surface area contributed by atoms with Crippen molar-refractivity contribution in [2.75, 3.05) is 11.9 Å². The first-order valence-electron chi connectivity index (χ1n) is 8.31. The molecule has 2 N–H and O–H groups in total. The Morgan fingerprint density at radius 1 is 1.07 bits per heavy atom. The Bertz CT molecular complexity index is 908. The number of hydrogen-bond acceptors (Lipinski definition) is 6. The molecule has 0 saturated carbocycles. The highest BCUT2D eigenvalue weighted by Crippen LogP contribution is 2.15. The number of amides is 3. The van der Waals surface area contributed by atoms with Crippen LogP contribution in [0.25, 0.3) is 11.4 Å². The van der Waals surface area contributed by atoms with Gasteiger partial charge in [-0.15, -0.1) is 10.2 Å². The minimum atomic E-state index is -0.646. The number of rotatable bonds is 6. The number of nitrogens with one attached hydrogen (secondary N) is 2. The van der Waals surface area contributed by atoms with E-state index >= 15 is 0 Å². The van der Waals surface area contributed by atoms with E-state index in [4.69, 9.17) is 4.74 Å². The van der Waals surface area contributed by atoms with Gasteiger partial charge in [0.05, 0.1) is 6.61 Å². The van der Waals surface area contributed by atoms with Crippen LogP contribution in [0.1, 0.15) is 6.92 Å². The summed E-state index contributed by atoms with van der Waals surface area (Å²) in [5, 5.41) is 16.6. The second-order valence-electron chi connectivity index (χ2n) is 5.47. The van der Waals surface area contributed by atoms with Crippen LogP contribution in [0.2, 0.25) is 0 Å². The number of benzene rings is 2. The molecule has 27 heavy (non-hydrogen) atoms. The van der Waals surface area contributed by atoms with Crippen molar-refractivity contribution in [1.29, 1.82) is 0 Å². The molecular formula is C18H18N6O3. The van der Waals surface area contributed by atoms with Crippen LogP contribution in [0.5, 0.6) is 5.75 Å². The normalized spacial score (nSPS) is 10.3. The monoisotopic (exact) mass is 366 g/mol. The van der Waals surface area contributed by atoms with Crippen molar-refractivity contribution in [3.05, 3.63) is 54.6 Å². The minimum Gasteiger partial charge on any atom is -0.494 e. The molecule has 0 fully saturated rings. The van der Waals surface area contributed by atoms with E-state index in [9.17, 15) is 9.59 Å². The van der Waals surface area contributed by atoms with E-state index in [1.165, 1.54) is 0 Å². The lowest BCUT2D eigenvalue weighted by Gasteiger charge is -2.07. The first-order chi connectivity index (χ1) is 13.1. The van der Waals surface area contributed by atoms with Gasteiger partial charge in [-0.1, -0.05) is 30.3 Å². The molecule has 0 unspecified atom stereocenters. The summed E-state index contributed by atoms with van der Waals surface area (Å²) in [5.41, 5.74) is 1.33. The summed E-state index contributed by atoms with van der Waals surface area (Å²) in [4.78, 5) is 25.0. The van der Waals surface area contributed by atoms with Gasteiger partial charge in [0.15, 0.2) is 0 Å². The Balaban J connectivity index is 1.51. The number of tetrazole rings is 1. The van der Waals surface area contributed by atoms with Gasteiger partial charge in [-0.2, -0.15) is 4.80 Å². The number of imide groups is 1. The smallest absolute Gasteiger partial charge is 0.325 e. The molecule has 0 saturated heterocycles. The van der Waals surface area contributed by atoms with Crippen molar-refractivity contribution < 1.29 is 14.3 Å². The maximum Gasteiger partial charge on any atom is 0.325 e. The molecule has 0 atom stereocenters. The molecule has 0 aliphatic heterocycles. The third kappa shape index (κ3) is 5.11. The molecule has 0 aliphatic carbocycles. The molecule has 9 nitrogen and oxygen atoms in total. The summed E-state index contributed by atoms with van der Waals surface area (Å²) in [7, 11) is 0. The first kappa shape index (κ1) is 18.1. The third-order valence-corrected chi connectivity index (χ3v) is 3.45. The van der Waals surface area contributed by atoms with Crippen LogP contribution in [-0.4, -0.2) is 38.8 Å². The number of ether oxygens (including phenoxy) is 1. The van der Waals surface area contributed by atoms with E-state index < -0.39 is 11.9 Å². The minimum absolute atomic E-state index is 0.226. The van der Waals surface area contributed by atoms with E-state index in [0.29, 0.717) is 23.9 Å². The summed E-state index contributed by atoms with van der Waals surface area (Å²) in [5.74, 6) is 0.545. The molecule has 9 heteroatoms. The topological polar surface area (TPSA) is 111 Å². The zero-order valence-corrected chi connectivity index (χ0v) is 14.6. The number of carbonyl (C=O) groups is 2. The molecule has 0 spiro atoms. The predicted molar refractivity (Wildman–Crippen MR) is 98.0 cm³/mol. The zero-order valence-electron chi connectivity index (χ0n) is 14.6. The average molecular weight is 366 g/mol. The van der Waals surface area contributed by atoms with Crippen LogP contribution < -0.4 is 15.4 Å². The highest BCUT2D eigenvalue weighted by atomic mass is 16.5. The lowest BCUT2D eigenvalue weighted by Crippen LogP contribution is -2.37. The largest absolute Gasteiger partial charge is 0.494 e. The molecule has 138 valence electrons. The zero-order chi connectivity index (χ0) is 19.1. The highest BCUT2D eigenvalue weighted by molar-refractivity contribution is 6.01. The van der Waals surface area contributed by atoms with Gasteiger partial charge in [0.25, 0.3) is 5.91 Å². The van der Waals surface area contributed by atoms with Crippen LogP contribution in [0.4, 0.5) is 10.5 Å². The van der Waals surface area contributed by atoms with Crippen LogP contribution in [0, 0.1) is 0 Å². The molecule has 0 aliphatic rings. The number of carbonyl (C=O) groups excluding carboxylic acids is 2. The average Bonchev–Trinajstić information content (AvgIpc) is 3.12. The fraction of sp³-hybridized carbons (Fsp3) is 0.167. The number of anilines is 1. The fourth-order valence-corrected chi connectivity index (χ4v) is 2.27. The van der Waals surface area contributed by atoms with Crippen molar-refractivity contribution in [1.82, 2.24) is 25.5 Å². The number of hydrogen-bond donors (Lipinski definition) is 2. The molecule has 3 aromatic rings. The van der Waals surface area contributed by atoms with Gasteiger partial charge < -0.3 is 10.1 Å². The van der Waals surface area contributed by atoms with E-state index in [1.807, 2.05) is 37.3 Å². The van der Waals surface area contributed by atoms with Crippen molar-refractivity contribution in [2.24, 2.45) is 0 Å². The Hall–Kier alpha value is -3.75. The standard InChI is InChI=1S/C18H18N6O3/c1-2-27-15-10-8-14(9-11-15)19-18(26)20-16(25)12-24-22-17(21-23-24)13-6-4-3-5-7-13/h3-11H,2,12H2,1H3,(H2,19,20,25,26). The Kier molecular flexibility index (Phi) is 5.73. The fourth-order valence-electron chi connectivity index (χ4n) is 2.27. The maximum absolute atomic E-state index is 12.0. The van der Waals surface area contributed by atoms with Crippen molar-refractivity contribution in [3.8, 4) is 17.1 Å². The molecule has 0 bridgehead atoms. The summed E-state index contributed by atoms with van der Waals surface area (Å²) in [6.45, 7) is 2.22. The van der Waals surface area contributed by atoms with Gasteiger partial charge >= 0.3 is 6.03 Å². The summed E-state index contributed by atoms with van der Waals surface area (Å²) in [6, 6.07) is 15.4. The molecule has 3 amide bonds. The van der Waals surface area contributed by atoms with Crippen molar-refractivity contribution >= 4 is 17.6 Å². The Labute approximate surface area is 155 Å². The lowest BCUT2D eigenvalue weighted by atomic mass is 10.2. The van der Waals surface area contributed by atoms with Gasteiger partial charge in [0, 0.05) is 11.3 Å². The highest BCUT2D eigenvalue weighted by Gasteiger charge is 2.12. The summed E-state index contributed by atoms with van der Waals surface area (Å²) >= 11 is 0. The van der Waals surface area contributed by atoms with Crippen LogP contribution in [0.15, 0.2) is 54.6 Å². The van der Waals surface area contributed by atoms with Gasteiger partial charge in [0.2, 0.25) is 5.82 Å². The molecule has 3 rings (SSSR count). The first-order valence-corrected chi connectivity index (χ1v) is 8.31. The SMILES string of the molecule is CCOc1ccc(NC(=O)NC(=O)Cn2nnc(-c3ccccc3)n2)cc1. The van der Waals surface area contributed by atoms with Crippen LogP contribution in [0.3, 0.4) is 0 Å². The summed E-state index contributed by atoms with van der Waals surface area (Å²) in [6.07, 6.45) is 0. The number of urea groups is 1. The van der Waals surface area contributed by atoms with E-state index in [0.717, 1.165) is 10.4 Å². The van der Waals surface area contributed by atoms with Gasteiger partial charge in [-0.3, -0.25) is 10.1 Å². The van der Waals surface area contributed by atoms with Crippen LogP contribution in [-0.2, 0) is 11.3 Å². The summed E-state index contributed by atoms with van der Waals surface area (Å²) < 4.78 is 5.33. The van der Waals surface area contributed by atoms with Gasteiger partial charge in [0.1, 0.15) is 12.3 Å². The van der Waals surface area contributed by atoms with E-state index in [-0.39, 0.29) is 6.54 Å².